The van der Waals surface area contributed by atoms with Crippen LogP contribution >= 0.6 is 11.8 Å². The van der Waals surface area contributed by atoms with E-state index in [0.29, 0.717) is 23.3 Å². The molecule has 0 bridgehead atoms. The highest BCUT2D eigenvalue weighted by molar-refractivity contribution is 8.00. The summed E-state index contributed by atoms with van der Waals surface area (Å²) >= 11 is 1.48. The number of nitrogens with zero attached hydrogens (tertiary/aromatic N) is 2. The van der Waals surface area contributed by atoms with Crippen molar-refractivity contribution in [1.82, 2.24) is 15.1 Å². The van der Waals surface area contributed by atoms with Gasteiger partial charge in [0.15, 0.2) is 0 Å². The van der Waals surface area contributed by atoms with Gasteiger partial charge in [0.05, 0.1) is 11.3 Å². The van der Waals surface area contributed by atoms with Gasteiger partial charge in [-0.05, 0) is 63.9 Å². The summed E-state index contributed by atoms with van der Waals surface area (Å²) in [5.41, 5.74) is 0.710. The Bertz CT molecular complexity index is 710. The van der Waals surface area contributed by atoms with Crippen LogP contribution in [-0.4, -0.2) is 67.1 Å². The van der Waals surface area contributed by atoms with Crippen LogP contribution in [0.5, 0.6) is 0 Å². The maximum Gasteiger partial charge on any atom is 0.254 e. The number of rotatable bonds is 7. The van der Waals surface area contributed by atoms with E-state index in [4.69, 9.17) is 0 Å². The number of nitrogens with one attached hydrogen (secondary N) is 1. The van der Waals surface area contributed by atoms with Crippen molar-refractivity contribution < 1.29 is 9.59 Å². The van der Waals surface area contributed by atoms with Gasteiger partial charge in [-0.3, -0.25) is 9.59 Å². The molecule has 2 amide bonds. The minimum atomic E-state index is 0.0578. The first-order chi connectivity index (χ1) is 15.0. The standard InChI is InChI=1S/C25H39N3O2S/c1-27-16-14-20(15-17-27)18-28(2)25(30)22-12-8-9-13-23(22)31-19-24(29)26-21-10-6-4-3-5-7-11-21/h8-9,12-13,20-21H,3-7,10-11,14-19H2,1-2H3,(H,26,29). The van der Waals surface area contributed by atoms with Crippen molar-refractivity contribution in [3.63, 3.8) is 0 Å². The Kier molecular flexibility index (Phi) is 9.72. The second-order valence-corrected chi connectivity index (χ2v) is 10.3. The van der Waals surface area contributed by atoms with Crippen molar-refractivity contribution in [3.8, 4) is 0 Å². The molecule has 0 unspecified atom stereocenters. The summed E-state index contributed by atoms with van der Waals surface area (Å²) in [4.78, 5) is 30.8. The van der Waals surface area contributed by atoms with Crippen molar-refractivity contribution in [3.05, 3.63) is 29.8 Å². The summed E-state index contributed by atoms with van der Waals surface area (Å²) in [6.07, 6.45) is 10.8. The van der Waals surface area contributed by atoms with Crippen LogP contribution in [0.15, 0.2) is 29.2 Å². The summed E-state index contributed by atoms with van der Waals surface area (Å²) in [6.45, 7) is 3.01. The van der Waals surface area contributed by atoms with Crippen LogP contribution in [0.2, 0.25) is 0 Å². The van der Waals surface area contributed by atoms with Gasteiger partial charge < -0.3 is 15.1 Å². The lowest BCUT2D eigenvalue weighted by Gasteiger charge is -2.31. The van der Waals surface area contributed by atoms with Crippen molar-refractivity contribution in [2.45, 2.75) is 68.7 Å². The molecule has 5 nitrogen and oxygen atoms in total. The lowest BCUT2D eigenvalue weighted by molar-refractivity contribution is -0.119. The molecule has 6 heteroatoms. The topological polar surface area (TPSA) is 52.7 Å². The number of thioether (sulfide) groups is 1. The highest BCUT2D eigenvalue weighted by Gasteiger charge is 2.23. The van der Waals surface area contributed by atoms with Crippen molar-refractivity contribution in [1.29, 1.82) is 0 Å². The summed E-state index contributed by atoms with van der Waals surface area (Å²) in [5, 5.41) is 3.23. The van der Waals surface area contributed by atoms with Crippen LogP contribution < -0.4 is 5.32 Å². The van der Waals surface area contributed by atoms with Crippen LogP contribution in [-0.2, 0) is 4.79 Å². The number of hydrogen-bond acceptors (Lipinski definition) is 4. The van der Waals surface area contributed by atoms with Gasteiger partial charge in [-0.15, -0.1) is 11.8 Å². The summed E-state index contributed by atoms with van der Waals surface area (Å²) < 4.78 is 0. The second-order valence-electron chi connectivity index (χ2n) is 9.33. The van der Waals surface area contributed by atoms with Crippen LogP contribution in [0.3, 0.4) is 0 Å². The first-order valence-corrected chi connectivity index (χ1v) is 13.0. The number of carbonyl (C=O) groups is 2. The first kappa shape index (κ1) is 24.1. The van der Waals surface area contributed by atoms with E-state index in [1.807, 2.05) is 36.2 Å². The monoisotopic (exact) mass is 445 g/mol. The average Bonchev–Trinajstić information content (AvgIpc) is 2.75. The van der Waals surface area contributed by atoms with Gasteiger partial charge in [-0.1, -0.05) is 44.2 Å². The number of amides is 2. The summed E-state index contributed by atoms with van der Waals surface area (Å²) in [7, 11) is 4.06. The first-order valence-electron chi connectivity index (χ1n) is 12.0. The molecule has 0 spiro atoms. The Morgan fingerprint density at radius 2 is 1.68 bits per heavy atom. The molecule has 31 heavy (non-hydrogen) atoms. The quantitative estimate of drug-likeness (QED) is 0.631. The molecule has 1 aliphatic carbocycles. The molecule has 1 N–H and O–H groups in total. The van der Waals surface area contributed by atoms with Crippen LogP contribution in [0, 0.1) is 5.92 Å². The largest absolute Gasteiger partial charge is 0.353 e. The molecule has 2 aliphatic rings. The molecule has 1 saturated heterocycles. The van der Waals surface area contributed by atoms with E-state index in [1.54, 1.807) is 0 Å². The molecule has 3 rings (SSSR count). The zero-order valence-electron chi connectivity index (χ0n) is 19.3. The van der Waals surface area contributed by atoms with E-state index in [2.05, 4.69) is 17.3 Å². The Labute approximate surface area is 192 Å². The summed E-state index contributed by atoms with van der Waals surface area (Å²) in [6, 6.07) is 8.02. The zero-order chi connectivity index (χ0) is 22.1. The van der Waals surface area contributed by atoms with Gasteiger partial charge >= 0.3 is 0 Å². The predicted molar refractivity (Wildman–Crippen MR) is 129 cm³/mol. The molecule has 1 aromatic carbocycles. The van der Waals surface area contributed by atoms with Crippen molar-refractivity contribution in [2.24, 2.45) is 5.92 Å². The fourth-order valence-electron chi connectivity index (χ4n) is 4.70. The smallest absolute Gasteiger partial charge is 0.254 e. The normalized spacial score (nSPS) is 19.4. The SMILES string of the molecule is CN1CCC(CN(C)C(=O)c2ccccc2SCC(=O)NC2CCCCCCC2)CC1. The van der Waals surface area contributed by atoms with Crippen molar-refractivity contribution >= 4 is 23.6 Å². The van der Waals surface area contributed by atoms with Gasteiger partial charge in [0, 0.05) is 24.5 Å². The number of carbonyl (C=O) groups excluding carboxylic acids is 2. The molecule has 1 aromatic rings. The molecule has 2 fully saturated rings. The van der Waals surface area contributed by atoms with Gasteiger partial charge in [0.1, 0.15) is 0 Å². The Hall–Kier alpha value is -1.53. The molecular weight excluding hydrogens is 406 g/mol. The number of likely N-dealkylation sites (tertiary alicyclic amines) is 1. The highest BCUT2D eigenvalue weighted by atomic mass is 32.2. The molecule has 1 aliphatic heterocycles. The number of benzene rings is 1. The Morgan fingerprint density at radius 1 is 1.03 bits per heavy atom. The highest BCUT2D eigenvalue weighted by Crippen LogP contribution is 2.25. The average molecular weight is 446 g/mol. The lowest BCUT2D eigenvalue weighted by atomic mass is 9.96. The van der Waals surface area contributed by atoms with Gasteiger partial charge in [-0.25, -0.2) is 0 Å². The fourth-order valence-corrected chi connectivity index (χ4v) is 5.56. The van der Waals surface area contributed by atoms with Crippen LogP contribution in [0.25, 0.3) is 0 Å². The second kappa shape index (κ2) is 12.5. The molecule has 172 valence electrons. The minimum Gasteiger partial charge on any atom is -0.353 e. The number of piperidine rings is 1. The van der Waals surface area contributed by atoms with E-state index < -0.39 is 0 Å². The Balaban J connectivity index is 1.51. The molecule has 0 radical (unpaired) electrons. The van der Waals surface area contributed by atoms with Gasteiger partial charge in [0.25, 0.3) is 5.91 Å². The number of hydrogen-bond donors (Lipinski definition) is 1. The van der Waals surface area contributed by atoms with Crippen molar-refractivity contribution in [2.75, 3.05) is 39.5 Å². The molecule has 0 atom stereocenters. The van der Waals surface area contributed by atoms with Crippen LogP contribution in [0.4, 0.5) is 0 Å². The third-order valence-electron chi connectivity index (χ3n) is 6.66. The Morgan fingerprint density at radius 3 is 2.39 bits per heavy atom. The molecule has 0 aromatic heterocycles. The lowest BCUT2D eigenvalue weighted by Crippen LogP contribution is -2.38. The molecule has 1 saturated carbocycles. The maximum absolute atomic E-state index is 13.1. The molecule has 1 heterocycles. The van der Waals surface area contributed by atoms with E-state index >= 15 is 0 Å². The van der Waals surface area contributed by atoms with Gasteiger partial charge in [0.2, 0.25) is 5.91 Å². The third kappa shape index (κ3) is 7.83. The van der Waals surface area contributed by atoms with Gasteiger partial charge in [-0.2, -0.15) is 0 Å². The third-order valence-corrected chi connectivity index (χ3v) is 7.74. The van der Waals surface area contributed by atoms with E-state index in [1.165, 1.54) is 43.9 Å². The molecular formula is C25H39N3O2S. The minimum absolute atomic E-state index is 0.0578. The van der Waals surface area contributed by atoms with E-state index in [9.17, 15) is 9.59 Å². The maximum atomic E-state index is 13.1. The fraction of sp³-hybridized carbons (Fsp3) is 0.680. The summed E-state index contributed by atoms with van der Waals surface area (Å²) in [5.74, 6) is 1.07. The van der Waals surface area contributed by atoms with E-state index in [0.717, 1.165) is 50.2 Å². The van der Waals surface area contributed by atoms with E-state index in [-0.39, 0.29) is 11.8 Å². The predicted octanol–water partition coefficient (Wildman–Crippen LogP) is 4.42. The van der Waals surface area contributed by atoms with Crippen LogP contribution in [0.1, 0.15) is 68.1 Å². The zero-order valence-corrected chi connectivity index (χ0v) is 20.1.